The lowest BCUT2D eigenvalue weighted by atomic mass is 10.2. The molecule has 0 saturated heterocycles. The van der Waals surface area contributed by atoms with E-state index in [1.165, 1.54) is 18.2 Å². The van der Waals surface area contributed by atoms with Gasteiger partial charge in [0.25, 0.3) is 5.69 Å². The second-order valence-corrected chi connectivity index (χ2v) is 2.15. The molecule has 6 heteroatoms. The van der Waals surface area contributed by atoms with Crippen LogP contribution in [0.1, 0.15) is 24.2 Å². The summed E-state index contributed by atoms with van der Waals surface area (Å²) < 4.78 is 0. The molecule has 0 aliphatic rings. The van der Waals surface area contributed by atoms with E-state index in [0.29, 0.717) is 0 Å². The fraction of sp³-hybridized carbons (Fsp3) is 0.222. The Labute approximate surface area is 86.2 Å². The van der Waals surface area contributed by atoms with Gasteiger partial charge in [0.05, 0.1) is 4.92 Å². The third-order valence-corrected chi connectivity index (χ3v) is 1.40. The van der Waals surface area contributed by atoms with Crippen molar-refractivity contribution in [3.8, 4) is 0 Å². The van der Waals surface area contributed by atoms with Gasteiger partial charge in [-0.05, 0) is 6.07 Å². The van der Waals surface area contributed by atoms with Gasteiger partial charge in [0.15, 0.2) is 0 Å². The molecule has 15 heavy (non-hydrogen) atoms. The number of nitro benzene ring substituents is 1. The predicted octanol–water partition coefficient (Wildman–Crippen LogP) is 2.25. The maximum atomic E-state index is 10.8. The molecule has 0 fully saturated rings. The van der Waals surface area contributed by atoms with Crippen molar-refractivity contribution < 1.29 is 19.9 Å². The molecule has 6 nitrogen and oxygen atoms in total. The average Bonchev–Trinajstić information content (AvgIpc) is 2.30. The van der Waals surface area contributed by atoms with Crippen molar-refractivity contribution in [2.45, 2.75) is 13.8 Å². The number of rotatable bonds is 2. The van der Waals surface area contributed by atoms with Gasteiger partial charge in [-0.2, -0.15) is 5.26 Å². The van der Waals surface area contributed by atoms with Gasteiger partial charge in [0.1, 0.15) is 5.56 Å². The van der Waals surface area contributed by atoms with E-state index >= 15 is 0 Å². The molecule has 82 valence electrons. The Morgan fingerprint density at radius 2 is 1.93 bits per heavy atom. The molecule has 1 rings (SSSR count). The van der Waals surface area contributed by atoms with Gasteiger partial charge in [0, 0.05) is 6.07 Å². The number of hydrogen-bond acceptors (Lipinski definition) is 5. The summed E-state index contributed by atoms with van der Waals surface area (Å²) in [5, 5.41) is 18.4. The highest BCUT2D eigenvalue weighted by Gasteiger charge is 2.20. The third kappa shape index (κ3) is 3.35. The van der Waals surface area contributed by atoms with E-state index in [2.05, 4.69) is 4.89 Å². The predicted molar refractivity (Wildman–Crippen MR) is 52.5 cm³/mol. The zero-order valence-corrected chi connectivity index (χ0v) is 8.34. The van der Waals surface area contributed by atoms with E-state index in [4.69, 9.17) is 5.26 Å². The van der Waals surface area contributed by atoms with E-state index < -0.39 is 16.6 Å². The number of hydrogen-bond donors (Lipinski definition) is 1. The second-order valence-electron chi connectivity index (χ2n) is 2.15. The topological polar surface area (TPSA) is 89.7 Å². The van der Waals surface area contributed by atoms with Crippen LogP contribution in [0.3, 0.4) is 0 Å². The normalized spacial score (nSPS) is 8.47. The van der Waals surface area contributed by atoms with Crippen molar-refractivity contribution in [1.29, 1.82) is 0 Å². The maximum Gasteiger partial charge on any atom is 0.379 e. The second kappa shape index (κ2) is 6.50. The minimum absolute atomic E-state index is 0.282. The smallest absolute Gasteiger partial charge is 0.295 e. The molecule has 0 amide bonds. The number of nitro groups is 1. The Hall–Kier alpha value is -1.95. The average molecular weight is 213 g/mol. The molecule has 0 atom stereocenters. The molecule has 0 bridgehead atoms. The summed E-state index contributed by atoms with van der Waals surface area (Å²) in [5.74, 6) is -1.15. The molecular formula is C9H11NO5. The Bertz CT molecular complexity index is 350. The van der Waals surface area contributed by atoms with Crippen LogP contribution >= 0.6 is 0 Å². The lowest BCUT2D eigenvalue weighted by molar-refractivity contribution is -0.385. The summed E-state index contributed by atoms with van der Waals surface area (Å²) in [6, 6.07) is 5.18. The van der Waals surface area contributed by atoms with Crippen molar-refractivity contribution in [3.63, 3.8) is 0 Å². The number of carbonyl (C=O) groups excluding carboxylic acids is 1. The molecular weight excluding hydrogens is 202 g/mol. The molecule has 0 heterocycles. The van der Waals surface area contributed by atoms with Crippen molar-refractivity contribution in [2.75, 3.05) is 0 Å². The monoisotopic (exact) mass is 213 g/mol. The SMILES string of the molecule is CC.O=C(OO)c1ccccc1[N+](=O)[O-]. The van der Waals surface area contributed by atoms with Crippen LogP contribution in [0.5, 0.6) is 0 Å². The lowest BCUT2D eigenvalue weighted by Gasteiger charge is -1.97. The zero-order valence-electron chi connectivity index (χ0n) is 8.34. The minimum Gasteiger partial charge on any atom is -0.295 e. The first-order chi connectivity index (χ1) is 7.16. The molecule has 0 aromatic heterocycles. The van der Waals surface area contributed by atoms with Crippen molar-refractivity contribution >= 4 is 11.7 Å². The molecule has 0 aliphatic carbocycles. The molecule has 0 radical (unpaired) electrons. The maximum absolute atomic E-state index is 10.8. The molecule has 0 spiro atoms. The van der Waals surface area contributed by atoms with E-state index in [1.54, 1.807) is 0 Å². The molecule has 0 unspecified atom stereocenters. The molecule has 0 saturated carbocycles. The molecule has 1 N–H and O–H groups in total. The minimum atomic E-state index is -1.15. The van der Waals surface area contributed by atoms with Gasteiger partial charge in [-0.3, -0.25) is 15.0 Å². The first-order valence-electron chi connectivity index (χ1n) is 4.26. The van der Waals surface area contributed by atoms with Gasteiger partial charge in [-0.15, -0.1) is 0 Å². The van der Waals surface area contributed by atoms with Crippen molar-refractivity contribution in [3.05, 3.63) is 39.9 Å². The summed E-state index contributed by atoms with van der Waals surface area (Å²) in [5.41, 5.74) is -0.684. The van der Waals surface area contributed by atoms with Crippen LogP contribution < -0.4 is 0 Å². The summed E-state index contributed by atoms with van der Waals surface area (Å²) in [6.07, 6.45) is 0. The third-order valence-electron chi connectivity index (χ3n) is 1.40. The number of benzene rings is 1. The van der Waals surface area contributed by atoms with E-state index in [-0.39, 0.29) is 5.56 Å². The summed E-state index contributed by atoms with van der Waals surface area (Å²) in [6.45, 7) is 4.00. The Kier molecular flexibility index (Phi) is 5.65. The highest BCUT2D eigenvalue weighted by molar-refractivity contribution is 5.93. The molecule has 0 aliphatic heterocycles. The highest BCUT2D eigenvalue weighted by Crippen LogP contribution is 2.17. The largest absolute Gasteiger partial charge is 0.379 e. The number of nitrogens with zero attached hydrogens (tertiary/aromatic N) is 1. The first-order valence-corrected chi connectivity index (χ1v) is 4.26. The standard InChI is InChI=1S/C7H5NO5.C2H6/c9-7(13-12)5-3-1-2-4-6(5)8(10)11;1-2/h1-4,12H;1-2H3. The fourth-order valence-electron chi connectivity index (χ4n) is 0.855. The van der Waals surface area contributed by atoms with Crippen LogP contribution in [0, 0.1) is 10.1 Å². The summed E-state index contributed by atoms with van der Waals surface area (Å²) in [4.78, 5) is 23.8. The van der Waals surface area contributed by atoms with E-state index in [9.17, 15) is 14.9 Å². The summed E-state index contributed by atoms with van der Waals surface area (Å²) in [7, 11) is 0. The number of para-hydroxylation sites is 1. The van der Waals surface area contributed by atoms with Crippen LogP contribution in [0.25, 0.3) is 0 Å². The van der Waals surface area contributed by atoms with Crippen LogP contribution in [0.4, 0.5) is 5.69 Å². The van der Waals surface area contributed by atoms with Gasteiger partial charge in [0.2, 0.25) is 0 Å². The van der Waals surface area contributed by atoms with Gasteiger partial charge < -0.3 is 0 Å². The van der Waals surface area contributed by atoms with Crippen LogP contribution in [0.2, 0.25) is 0 Å². The van der Waals surface area contributed by atoms with Gasteiger partial charge in [-0.25, -0.2) is 4.79 Å². The Morgan fingerprint density at radius 3 is 2.40 bits per heavy atom. The van der Waals surface area contributed by atoms with Crippen LogP contribution in [-0.2, 0) is 4.89 Å². The van der Waals surface area contributed by atoms with Crippen molar-refractivity contribution in [1.82, 2.24) is 0 Å². The van der Waals surface area contributed by atoms with Crippen LogP contribution in [0.15, 0.2) is 24.3 Å². The number of carbonyl (C=O) groups is 1. The molecule has 1 aromatic carbocycles. The summed E-state index contributed by atoms with van der Waals surface area (Å²) >= 11 is 0. The van der Waals surface area contributed by atoms with Crippen LogP contribution in [-0.4, -0.2) is 16.1 Å². The Balaban J connectivity index is 0.000000921. The molecule has 1 aromatic rings. The fourth-order valence-corrected chi connectivity index (χ4v) is 0.855. The van der Waals surface area contributed by atoms with E-state index in [1.807, 2.05) is 13.8 Å². The van der Waals surface area contributed by atoms with E-state index in [0.717, 1.165) is 6.07 Å². The quantitative estimate of drug-likeness (QED) is 0.462. The van der Waals surface area contributed by atoms with Crippen molar-refractivity contribution in [2.24, 2.45) is 0 Å². The lowest BCUT2D eigenvalue weighted by Crippen LogP contribution is -2.05. The Morgan fingerprint density at radius 1 is 1.40 bits per heavy atom. The van der Waals surface area contributed by atoms with Gasteiger partial charge >= 0.3 is 5.97 Å². The van der Waals surface area contributed by atoms with Gasteiger partial charge in [-0.1, -0.05) is 26.0 Å². The zero-order chi connectivity index (χ0) is 11.8. The highest BCUT2D eigenvalue weighted by atomic mass is 17.1. The first kappa shape index (κ1) is 13.1.